The minimum absolute atomic E-state index is 0.383. The highest BCUT2D eigenvalue weighted by molar-refractivity contribution is 6.66. The Morgan fingerprint density at radius 2 is 1.93 bits per heavy atom. The van der Waals surface area contributed by atoms with Crippen molar-refractivity contribution in [2.24, 2.45) is 13.0 Å². The molecule has 5 nitrogen and oxygen atoms in total. The molecule has 1 heterocycles. The van der Waals surface area contributed by atoms with Gasteiger partial charge in [-0.25, -0.2) is 0 Å². The highest BCUT2D eigenvalue weighted by Crippen LogP contribution is 2.34. The van der Waals surface area contributed by atoms with Crippen molar-refractivity contribution >= 4 is 14.2 Å². The molecule has 0 spiro atoms. The van der Waals surface area contributed by atoms with E-state index >= 15 is 0 Å². The third kappa shape index (κ3) is 5.63. The van der Waals surface area contributed by atoms with Crippen LogP contribution in [-0.2, 0) is 7.05 Å². The van der Waals surface area contributed by atoms with Crippen LogP contribution in [0.2, 0.25) is 6.04 Å². The zero-order valence-electron chi connectivity index (χ0n) is 16.3. The predicted molar refractivity (Wildman–Crippen MR) is 105 cm³/mol. The van der Waals surface area contributed by atoms with Crippen LogP contribution >= 0.6 is 0 Å². The monoisotopic (exact) mass is 426 g/mol. The molecule has 157 valence electrons. The Morgan fingerprint density at radius 3 is 2.55 bits per heavy atom. The van der Waals surface area contributed by atoms with Crippen molar-refractivity contribution in [3.05, 3.63) is 40.8 Å². The molecule has 1 aromatic heterocycles. The minimum atomic E-state index is -4.55. The molecule has 1 radical (unpaired) electrons. The molecule has 0 unspecified atom stereocenters. The van der Waals surface area contributed by atoms with Gasteiger partial charge in [-0.05, 0) is 48.2 Å². The number of benzene rings is 1. The van der Waals surface area contributed by atoms with Crippen LogP contribution in [0.15, 0.2) is 35.3 Å². The number of pyridine rings is 1. The van der Waals surface area contributed by atoms with Gasteiger partial charge in [-0.15, -0.1) is 0 Å². The van der Waals surface area contributed by atoms with Crippen molar-refractivity contribution in [2.45, 2.75) is 32.0 Å². The van der Waals surface area contributed by atoms with Crippen molar-refractivity contribution in [1.29, 1.82) is 0 Å². The topological polar surface area (TPSA) is 60.7 Å². The maximum Gasteiger partial charge on any atom is 0.422 e. The van der Waals surface area contributed by atoms with Crippen LogP contribution in [0.5, 0.6) is 11.5 Å². The van der Waals surface area contributed by atoms with Gasteiger partial charge in [0.05, 0.1) is 6.61 Å². The lowest BCUT2D eigenvalue weighted by Crippen LogP contribution is -2.29. The fourth-order valence-electron chi connectivity index (χ4n) is 2.85. The van der Waals surface area contributed by atoms with E-state index in [0.29, 0.717) is 35.4 Å². The van der Waals surface area contributed by atoms with Gasteiger partial charge < -0.3 is 18.8 Å². The molecule has 9 heteroatoms. The lowest BCUT2D eigenvalue weighted by Gasteiger charge is -2.16. The lowest BCUT2D eigenvalue weighted by molar-refractivity contribution is -0.153. The predicted octanol–water partition coefficient (Wildman–Crippen LogP) is 2.99. The molecular weight excluding hydrogens is 403 g/mol. The summed E-state index contributed by atoms with van der Waals surface area (Å²) in [4.78, 5) is 22.5. The zero-order chi connectivity index (χ0) is 21.2. The standard InChI is InChI=1S/C20H23F3NO4Si/c1-3-29(26)15-6-7-17(27-11-13-4-5-13)16(9-15)14-8-18(19(25)24(2)10-14)28-12-20(21,22)23/h6-10,13,26H,3-5,11-12H2,1-2H3. The van der Waals surface area contributed by atoms with Crippen molar-refractivity contribution < 1.29 is 27.4 Å². The number of alkyl halides is 3. The van der Waals surface area contributed by atoms with E-state index < -0.39 is 27.4 Å². The van der Waals surface area contributed by atoms with Gasteiger partial charge in [0.2, 0.25) is 9.04 Å². The zero-order valence-corrected chi connectivity index (χ0v) is 17.3. The first kappa shape index (κ1) is 21.4. The van der Waals surface area contributed by atoms with Crippen LogP contribution < -0.4 is 20.2 Å². The first-order valence-electron chi connectivity index (χ1n) is 9.40. The van der Waals surface area contributed by atoms with Crippen LogP contribution in [0, 0.1) is 5.92 Å². The second-order valence-corrected chi connectivity index (χ2v) is 9.36. The number of halogens is 3. The number of aryl methyl sites for hydroxylation is 1. The Bertz CT molecular complexity index is 925. The molecule has 1 N–H and O–H groups in total. The molecule has 1 saturated carbocycles. The average molecular weight is 426 g/mol. The summed E-state index contributed by atoms with van der Waals surface area (Å²) < 4.78 is 49.5. The van der Waals surface area contributed by atoms with Crippen LogP contribution in [0.3, 0.4) is 0 Å². The van der Waals surface area contributed by atoms with Gasteiger partial charge >= 0.3 is 6.18 Å². The van der Waals surface area contributed by atoms with E-state index in [1.54, 1.807) is 12.1 Å². The van der Waals surface area contributed by atoms with Crippen LogP contribution in [0.4, 0.5) is 13.2 Å². The third-order valence-electron chi connectivity index (χ3n) is 4.67. The Hall–Kier alpha value is -2.26. The van der Waals surface area contributed by atoms with Crippen molar-refractivity contribution in [3.63, 3.8) is 0 Å². The molecule has 1 aromatic carbocycles. The van der Waals surface area contributed by atoms with Gasteiger partial charge in [0.1, 0.15) is 5.75 Å². The van der Waals surface area contributed by atoms with E-state index in [1.807, 2.05) is 13.0 Å². The fraction of sp³-hybridized carbons (Fsp3) is 0.450. The summed E-state index contributed by atoms with van der Waals surface area (Å²) in [6, 6.07) is 7.28. The molecule has 1 fully saturated rings. The maximum atomic E-state index is 12.5. The molecular formula is C20H23F3NO4Si. The van der Waals surface area contributed by atoms with Crippen molar-refractivity contribution in [1.82, 2.24) is 4.57 Å². The Kier molecular flexibility index (Phi) is 6.38. The third-order valence-corrected chi connectivity index (χ3v) is 6.32. The summed E-state index contributed by atoms with van der Waals surface area (Å²) in [5.74, 6) is 0.694. The molecule has 0 saturated heterocycles. The summed E-state index contributed by atoms with van der Waals surface area (Å²) in [6.07, 6.45) is -0.791. The first-order chi connectivity index (χ1) is 13.7. The summed E-state index contributed by atoms with van der Waals surface area (Å²) in [5, 5.41) is 0.762. The number of hydrogen-bond donors (Lipinski definition) is 1. The van der Waals surface area contributed by atoms with Crippen LogP contribution in [-0.4, -0.2) is 37.8 Å². The van der Waals surface area contributed by atoms with E-state index in [4.69, 9.17) is 9.47 Å². The van der Waals surface area contributed by atoms with Crippen LogP contribution in [0.25, 0.3) is 11.1 Å². The molecule has 0 amide bonds. The normalized spacial score (nSPS) is 14.3. The fourth-order valence-corrected chi connectivity index (χ4v) is 3.84. The summed E-state index contributed by atoms with van der Waals surface area (Å²) in [6.45, 7) is 0.900. The van der Waals surface area contributed by atoms with Gasteiger partial charge in [0.25, 0.3) is 5.56 Å². The Balaban J connectivity index is 2.01. The van der Waals surface area contributed by atoms with Crippen molar-refractivity contribution in [3.8, 4) is 22.6 Å². The molecule has 0 atom stereocenters. The van der Waals surface area contributed by atoms with Gasteiger partial charge in [-0.1, -0.05) is 13.0 Å². The second-order valence-electron chi connectivity index (χ2n) is 7.18. The highest BCUT2D eigenvalue weighted by Gasteiger charge is 2.29. The Labute approximate surface area is 168 Å². The molecule has 1 aliphatic rings. The highest BCUT2D eigenvalue weighted by atomic mass is 28.3. The molecule has 3 rings (SSSR count). The van der Waals surface area contributed by atoms with Crippen LogP contribution in [0.1, 0.15) is 19.8 Å². The summed E-state index contributed by atoms with van der Waals surface area (Å²) >= 11 is 0. The summed E-state index contributed by atoms with van der Waals surface area (Å²) in [7, 11) is -0.279. The number of hydrogen-bond acceptors (Lipinski definition) is 4. The van der Waals surface area contributed by atoms with Crippen molar-refractivity contribution in [2.75, 3.05) is 13.2 Å². The summed E-state index contributed by atoms with van der Waals surface area (Å²) in [5.41, 5.74) is 0.443. The Morgan fingerprint density at radius 1 is 1.21 bits per heavy atom. The van der Waals surface area contributed by atoms with Gasteiger partial charge in [-0.3, -0.25) is 4.79 Å². The number of ether oxygens (including phenoxy) is 2. The van der Waals surface area contributed by atoms with E-state index in [2.05, 4.69) is 0 Å². The SMILES string of the molecule is CC[Si](O)c1ccc(OCC2CC2)c(-c2cc(OCC(F)(F)F)c(=O)n(C)c2)c1. The lowest BCUT2D eigenvalue weighted by atomic mass is 10.1. The van der Waals surface area contributed by atoms with Gasteiger partial charge in [0, 0.05) is 24.4 Å². The van der Waals surface area contributed by atoms with E-state index in [9.17, 15) is 22.8 Å². The van der Waals surface area contributed by atoms with E-state index in [-0.39, 0.29) is 5.75 Å². The second kappa shape index (κ2) is 8.62. The number of nitrogens with zero attached hydrogens (tertiary/aromatic N) is 1. The maximum absolute atomic E-state index is 12.5. The van der Waals surface area contributed by atoms with E-state index in [1.165, 1.54) is 23.9 Å². The molecule has 29 heavy (non-hydrogen) atoms. The minimum Gasteiger partial charge on any atom is -0.493 e. The average Bonchev–Trinajstić information content (AvgIpc) is 3.50. The number of rotatable bonds is 8. The molecule has 1 aliphatic carbocycles. The molecule has 0 bridgehead atoms. The smallest absolute Gasteiger partial charge is 0.422 e. The van der Waals surface area contributed by atoms with E-state index in [0.717, 1.165) is 18.0 Å². The van der Waals surface area contributed by atoms with Gasteiger partial charge in [0.15, 0.2) is 12.4 Å². The molecule has 2 aromatic rings. The quantitative estimate of drug-likeness (QED) is 0.660. The molecule has 0 aliphatic heterocycles. The number of aromatic nitrogens is 1. The first-order valence-corrected chi connectivity index (χ1v) is 11.1. The van der Waals surface area contributed by atoms with Gasteiger partial charge in [-0.2, -0.15) is 13.2 Å². The largest absolute Gasteiger partial charge is 0.493 e.